The summed E-state index contributed by atoms with van der Waals surface area (Å²) in [6.45, 7) is 7.33. The van der Waals surface area contributed by atoms with Crippen LogP contribution < -0.4 is 0 Å². The summed E-state index contributed by atoms with van der Waals surface area (Å²) in [5.41, 5.74) is -1.22. The van der Waals surface area contributed by atoms with Gasteiger partial charge in [0.1, 0.15) is 0 Å². The Morgan fingerprint density at radius 3 is 1.24 bits per heavy atom. The Balaban J connectivity index is 4.33. The van der Waals surface area contributed by atoms with E-state index in [0.717, 1.165) is 12.5 Å². The van der Waals surface area contributed by atoms with Gasteiger partial charge in [-0.3, -0.25) is 8.37 Å². The molecular formula is C12H26O7S2. The fraction of sp³-hybridized carbons (Fsp3) is 1.00. The molecule has 0 bridgehead atoms. The summed E-state index contributed by atoms with van der Waals surface area (Å²) in [6.07, 6.45) is 2.76. The second kappa shape index (κ2) is 7.36. The number of hydrogen-bond donors (Lipinski definition) is 0. The molecule has 0 aliphatic rings. The smallest absolute Gasteiger partial charge is 0.264 e. The number of ether oxygens (including phenoxy) is 1. The van der Waals surface area contributed by atoms with Gasteiger partial charge in [0.05, 0.1) is 36.9 Å². The molecule has 0 atom stereocenters. The molecule has 0 fully saturated rings. The Morgan fingerprint density at radius 1 is 0.714 bits per heavy atom. The van der Waals surface area contributed by atoms with E-state index in [9.17, 15) is 16.8 Å². The van der Waals surface area contributed by atoms with Gasteiger partial charge in [-0.05, 0) is 27.7 Å². The van der Waals surface area contributed by atoms with Crippen LogP contribution in [0.1, 0.15) is 40.5 Å². The Hall–Kier alpha value is -0.220. The van der Waals surface area contributed by atoms with Gasteiger partial charge in [0.2, 0.25) is 0 Å². The van der Waals surface area contributed by atoms with Gasteiger partial charge in [-0.1, -0.05) is 0 Å². The van der Waals surface area contributed by atoms with Crippen LogP contribution in [0.2, 0.25) is 0 Å². The topological polar surface area (TPSA) is 96.0 Å². The normalized spacial score (nSPS) is 14.4. The lowest BCUT2D eigenvalue weighted by atomic mass is 10.0. The summed E-state index contributed by atoms with van der Waals surface area (Å²) in [4.78, 5) is 0. The molecule has 0 aromatic heterocycles. The molecule has 0 saturated carbocycles. The van der Waals surface area contributed by atoms with Gasteiger partial charge < -0.3 is 4.74 Å². The van der Waals surface area contributed by atoms with Gasteiger partial charge in [-0.15, -0.1) is 0 Å². The predicted octanol–water partition coefficient (Wildman–Crippen LogP) is 1.29. The first-order chi connectivity index (χ1) is 9.12. The van der Waals surface area contributed by atoms with E-state index >= 15 is 0 Å². The molecule has 128 valence electrons. The van der Waals surface area contributed by atoms with Gasteiger partial charge in [0.25, 0.3) is 20.2 Å². The SMILES string of the molecule is CC(C)(CCOS(C)(=O)=O)OC(C)(C)CCOS(C)(=O)=O. The lowest BCUT2D eigenvalue weighted by Crippen LogP contribution is -2.38. The Labute approximate surface area is 128 Å². The summed E-state index contributed by atoms with van der Waals surface area (Å²) in [5.74, 6) is 0. The minimum Gasteiger partial charge on any atom is -0.370 e. The molecule has 0 heterocycles. The highest BCUT2D eigenvalue weighted by Gasteiger charge is 2.29. The van der Waals surface area contributed by atoms with Crippen LogP contribution in [0.15, 0.2) is 0 Å². The molecule has 0 aromatic carbocycles. The van der Waals surface area contributed by atoms with Crippen LogP contribution in [0, 0.1) is 0 Å². The quantitative estimate of drug-likeness (QED) is 0.550. The van der Waals surface area contributed by atoms with E-state index in [1.807, 2.05) is 27.7 Å². The second-order valence-corrected chi connectivity index (χ2v) is 9.46. The molecule has 0 rings (SSSR count). The summed E-state index contributed by atoms with van der Waals surface area (Å²) in [7, 11) is -6.93. The second-order valence-electron chi connectivity index (χ2n) is 6.17. The third-order valence-electron chi connectivity index (χ3n) is 2.56. The van der Waals surface area contributed by atoms with Crippen LogP contribution in [0.4, 0.5) is 0 Å². The van der Waals surface area contributed by atoms with E-state index in [-0.39, 0.29) is 13.2 Å². The van der Waals surface area contributed by atoms with Crippen molar-refractivity contribution >= 4 is 20.2 Å². The molecule has 0 spiro atoms. The Kier molecular flexibility index (Phi) is 7.29. The van der Waals surface area contributed by atoms with Crippen molar-refractivity contribution in [2.45, 2.75) is 51.7 Å². The molecule has 9 heteroatoms. The highest BCUT2D eigenvalue weighted by molar-refractivity contribution is 7.86. The van der Waals surface area contributed by atoms with Crippen molar-refractivity contribution < 1.29 is 29.9 Å². The molecule has 21 heavy (non-hydrogen) atoms. The van der Waals surface area contributed by atoms with E-state index in [1.165, 1.54) is 0 Å². The molecule has 0 aliphatic carbocycles. The molecule has 0 N–H and O–H groups in total. The number of rotatable bonds is 10. The van der Waals surface area contributed by atoms with E-state index in [0.29, 0.717) is 12.8 Å². The van der Waals surface area contributed by atoms with Gasteiger partial charge in [-0.25, -0.2) is 0 Å². The molecule has 0 aliphatic heterocycles. The lowest BCUT2D eigenvalue weighted by Gasteiger charge is -2.36. The fourth-order valence-corrected chi connectivity index (χ4v) is 2.50. The predicted molar refractivity (Wildman–Crippen MR) is 80.1 cm³/mol. The van der Waals surface area contributed by atoms with Crippen LogP contribution >= 0.6 is 0 Å². The zero-order valence-corrected chi connectivity index (χ0v) is 15.1. The average Bonchev–Trinajstić information content (AvgIpc) is 2.09. The van der Waals surface area contributed by atoms with Crippen molar-refractivity contribution in [2.75, 3.05) is 25.7 Å². The van der Waals surface area contributed by atoms with E-state index < -0.39 is 31.4 Å². The molecular weight excluding hydrogens is 320 g/mol. The maximum atomic E-state index is 10.9. The van der Waals surface area contributed by atoms with Crippen LogP contribution in [0.3, 0.4) is 0 Å². The van der Waals surface area contributed by atoms with Crippen LogP contribution in [0.5, 0.6) is 0 Å². The Morgan fingerprint density at radius 2 is 1.00 bits per heavy atom. The summed E-state index contributed by atoms with van der Waals surface area (Å²) in [6, 6.07) is 0. The largest absolute Gasteiger partial charge is 0.370 e. The highest BCUT2D eigenvalue weighted by Crippen LogP contribution is 2.26. The molecule has 0 amide bonds. The molecule has 0 radical (unpaired) electrons. The fourth-order valence-electron chi connectivity index (χ4n) is 1.73. The van der Waals surface area contributed by atoms with Crippen molar-refractivity contribution in [3.63, 3.8) is 0 Å². The van der Waals surface area contributed by atoms with Gasteiger partial charge >= 0.3 is 0 Å². The van der Waals surface area contributed by atoms with Crippen molar-refractivity contribution in [3.8, 4) is 0 Å². The van der Waals surface area contributed by atoms with Crippen molar-refractivity contribution in [1.29, 1.82) is 0 Å². The Bertz CT molecular complexity index is 470. The minimum atomic E-state index is -3.46. The van der Waals surface area contributed by atoms with E-state index in [2.05, 4.69) is 0 Å². The zero-order valence-electron chi connectivity index (χ0n) is 13.5. The van der Waals surface area contributed by atoms with Gasteiger partial charge in [0, 0.05) is 12.8 Å². The van der Waals surface area contributed by atoms with E-state index in [1.54, 1.807) is 0 Å². The van der Waals surface area contributed by atoms with Crippen LogP contribution in [0.25, 0.3) is 0 Å². The third-order valence-corrected chi connectivity index (χ3v) is 3.75. The van der Waals surface area contributed by atoms with Crippen LogP contribution in [-0.2, 0) is 33.3 Å². The monoisotopic (exact) mass is 346 g/mol. The lowest BCUT2D eigenvalue weighted by molar-refractivity contribution is -0.134. The van der Waals surface area contributed by atoms with Crippen molar-refractivity contribution in [2.24, 2.45) is 0 Å². The third kappa shape index (κ3) is 13.2. The molecule has 7 nitrogen and oxygen atoms in total. The zero-order chi connectivity index (χ0) is 16.9. The molecule has 0 saturated heterocycles. The van der Waals surface area contributed by atoms with Gasteiger partial charge in [0.15, 0.2) is 0 Å². The average molecular weight is 346 g/mol. The standard InChI is InChI=1S/C12H26O7S2/c1-11(2,7-9-17-20(5,13)14)19-12(3,4)8-10-18-21(6,15)16/h7-10H2,1-6H3. The minimum absolute atomic E-state index is 0.0295. The first kappa shape index (κ1) is 20.8. The van der Waals surface area contributed by atoms with Crippen molar-refractivity contribution in [3.05, 3.63) is 0 Å². The summed E-state index contributed by atoms with van der Waals surface area (Å²) < 4.78 is 58.9. The summed E-state index contributed by atoms with van der Waals surface area (Å²) >= 11 is 0. The highest BCUT2D eigenvalue weighted by atomic mass is 32.2. The maximum absolute atomic E-state index is 10.9. The first-order valence-electron chi connectivity index (χ1n) is 6.51. The maximum Gasteiger partial charge on any atom is 0.264 e. The summed E-state index contributed by atoms with van der Waals surface area (Å²) in [5, 5.41) is 0. The first-order valence-corrected chi connectivity index (χ1v) is 10.1. The van der Waals surface area contributed by atoms with Crippen LogP contribution in [-0.4, -0.2) is 53.8 Å². The van der Waals surface area contributed by atoms with Gasteiger partial charge in [-0.2, -0.15) is 16.8 Å². The molecule has 0 unspecified atom stereocenters. The van der Waals surface area contributed by atoms with Crippen molar-refractivity contribution in [1.82, 2.24) is 0 Å². The van der Waals surface area contributed by atoms with E-state index in [4.69, 9.17) is 13.1 Å². The molecule has 0 aromatic rings. The number of hydrogen-bond acceptors (Lipinski definition) is 7.